The zero-order valence-electron chi connectivity index (χ0n) is 10.5. The first-order chi connectivity index (χ1) is 9.16. The molecular weight excluding hydrogens is 244 g/mol. The summed E-state index contributed by atoms with van der Waals surface area (Å²) in [6, 6.07) is 9.18. The summed E-state index contributed by atoms with van der Waals surface area (Å²) >= 11 is 0. The van der Waals surface area contributed by atoms with Gasteiger partial charge in [0.05, 0.1) is 5.60 Å². The zero-order chi connectivity index (χ0) is 13.3. The smallest absolute Gasteiger partial charge is 0.287 e. The summed E-state index contributed by atoms with van der Waals surface area (Å²) in [7, 11) is 0. The Morgan fingerprint density at radius 1 is 1.47 bits per heavy atom. The number of rotatable bonds is 3. The van der Waals surface area contributed by atoms with Gasteiger partial charge in [0.1, 0.15) is 5.58 Å². The molecule has 1 saturated heterocycles. The van der Waals surface area contributed by atoms with Crippen molar-refractivity contribution >= 4 is 16.9 Å². The van der Waals surface area contributed by atoms with Gasteiger partial charge in [-0.15, -0.1) is 0 Å². The van der Waals surface area contributed by atoms with E-state index in [9.17, 15) is 9.90 Å². The molecule has 0 bridgehead atoms. The van der Waals surface area contributed by atoms with Crippen molar-refractivity contribution in [1.82, 2.24) is 10.6 Å². The van der Waals surface area contributed by atoms with E-state index < -0.39 is 5.60 Å². The number of hydrogen-bond acceptors (Lipinski definition) is 4. The molecule has 19 heavy (non-hydrogen) atoms. The molecule has 5 heteroatoms. The van der Waals surface area contributed by atoms with E-state index in [1.54, 1.807) is 6.07 Å². The third-order valence-electron chi connectivity index (χ3n) is 3.45. The lowest BCUT2D eigenvalue weighted by Gasteiger charge is -2.20. The lowest BCUT2D eigenvalue weighted by Crippen LogP contribution is -2.44. The number of furan rings is 1. The van der Waals surface area contributed by atoms with Crippen LogP contribution in [-0.2, 0) is 0 Å². The maximum Gasteiger partial charge on any atom is 0.287 e. The third-order valence-corrected chi connectivity index (χ3v) is 3.45. The van der Waals surface area contributed by atoms with Crippen molar-refractivity contribution < 1.29 is 14.3 Å². The molecule has 1 atom stereocenters. The largest absolute Gasteiger partial charge is 0.451 e. The second kappa shape index (κ2) is 4.68. The van der Waals surface area contributed by atoms with Gasteiger partial charge in [-0.05, 0) is 25.1 Å². The van der Waals surface area contributed by atoms with Crippen LogP contribution in [0, 0.1) is 0 Å². The van der Waals surface area contributed by atoms with Gasteiger partial charge in [0.2, 0.25) is 0 Å². The molecule has 1 amide bonds. The Morgan fingerprint density at radius 2 is 2.32 bits per heavy atom. The molecule has 1 aromatic carbocycles. The normalized spacial score (nSPS) is 22.8. The van der Waals surface area contributed by atoms with Gasteiger partial charge >= 0.3 is 0 Å². The number of β-amino-alcohol motifs (C(OH)–C–C–N with tert-alkyl or cyclic N) is 1. The van der Waals surface area contributed by atoms with Gasteiger partial charge in [-0.25, -0.2) is 0 Å². The number of aliphatic hydroxyl groups is 1. The summed E-state index contributed by atoms with van der Waals surface area (Å²) in [5, 5.41) is 16.8. The Balaban J connectivity index is 1.69. The molecule has 100 valence electrons. The van der Waals surface area contributed by atoms with Crippen LogP contribution in [0.4, 0.5) is 0 Å². The first-order valence-electron chi connectivity index (χ1n) is 6.36. The second-order valence-corrected chi connectivity index (χ2v) is 4.98. The van der Waals surface area contributed by atoms with Gasteiger partial charge in [-0.1, -0.05) is 18.2 Å². The van der Waals surface area contributed by atoms with Crippen LogP contribution in [0.2, 0.25) is 0 Å². The fraction of sp³-hybridized carbons (Fsp3) is 0.357. The van der Waals surface area contributed by atoms with Crippen molar-refractivity contribution in [2.75, 3.05) is 19.6 Å². The molecule has 0 radical (unpaired) electrons. The molecule has 1 aromatic heterocycles. The van der Waals surface area contributed by atoms with Gasteiger partial charge < -0.3 is 20.2 Å². The molecule has 2 heterocycles. The minimum absolute atomic E-state index is 0.232. The Morgan fingerprint density at radius 3 is 3.05 bits per heavy atom. The highest BCUT2D eigenvalue weighted by Crippen LogP contribution is 2.19. The van der Waals surface area contributed by atoms with Crippen molar-refractivity contribution in [3.05, 3.63) is 36.1 Å². The minimum atomic E-state index is -0.846. The summed E-state index contributed by atoms with van der Waals surface area (Å²) in [4.78, 5) is 12.0. The van der Waals surface area contributed by atoms with Crippen LogP contribution in [0.1, 0.15) is 17.0 Å². The van der Waals surface area contributed by atoms with Crippen molar-refractivity contribution in [2.24, 2.45) is 0 Å². The molecule has 5 nitrogen and oxygen atoms in total. The SMILES string of the molecule is O=C(NCC1(O)CCNC1)c1cc2ccccc2o1. The van der Waals surface area contributed by atoms with Gasteiger partial charge in [0.25, 0.3) is 5.91 Å². The second-order valence-electron chi connectivity index (χ2n) is 4.98. The van der Waals surface area contributed by atoms with Crippen LogP contribution >= 0.6 is 0 Å². The fourth-order valence-electron chi connectivity index (χ4n) is 2.31. The average Bonchev–Trinajstić information content (AvgIpc) is 3.02. The third kappa shape index (κ3) is 2.47. The molecule has 3 N–H and O–H groups in total. The minimum Gasteiger partial charge on any atom is -0.451 e. The van der Waals surface area contributed by atoms with Crippen LogP contribution in [0.3, 0.4) is 0 Å². The number of carbonyl (C=O) groups excluding carboxylic acids is 1. The van der Waals surface area contributed by atoms with Gasteiger partial charge in [-0.3, -0.25) is 4.79 Å². The van der Waals surface area contributed by atoms with E-state index in [-0.39, 0.29) is 18.2 Å². The highest BCUT2D eigenvalue weighted by Gasteiger charge is 2.31. The molecular formula is C14H16N2O3. The quantitative estimate of drug-likeness (QED) is 0.766. The summed E-state index contributed by atoms with van der Waals surface area (Å²) in [6.45, 7) is 1.51. The zero-order valence-corrected chi connectivity index (χ0v) is 10.5. The maximum absolute atomic E-state index is 12.0. The Hall–Kier alpha value is -1.85. The first-order valence-corrected chi connectivity index (χ1v) is 6.36. The molecule has 1 unspecified atom stereocenters. The number of carbonyl (C=O) groups is 1. The number of fused-ring (bicyclic) bond motifs is 1. The predicted molar refractivity (Wildman–Crippen MR) is 71.0 cm³/mol. The lowest BCUT2D eigenvalue weighted by molar-refractivity contribution is 0.0554. The number of amides is 1. The summed E-state index contributed by atoms with van der Waals surface area (Å²) in [5.41, 5.74) is -0.157. The first kappa shape index (κ1) is 12.2. The van der Waals surface area contributed by atoms with Gasteiger partial charge in [-0.2, -0.15) is 0 Å². The lowest BCUT2D eigenvalue weighted by atomic mass is 10.0. The number of nitrogens with one attached hydrogen (secondary N) is 2. The van der Waals surface area contributed by atoms with Gasteiger partial charge in [0.15, 0.2) is 5.76 Å². The van der Waals surface area contributed by atoms with E-state index >= 15 is 0 Å². The Kier molecular flexibility index (Phi) is 3.00. The van der Waals surface area contributed by atoms with Crippen LogP contribution in [0.15, 0.2) is 34.7 Å². The monoisotopic (exact) mass is 260 g/mol. The molecule has 3 rings (SSSR count). The number of benzene rings is 1. The van der Waals surface area contributed by atoms with Gasteiger partial charge in [0, 0.05) is 18.5 Å². The van der Waals surface area contributed by atoms with Crippen LogP contribution in [0.5, 0.6) is 0 Å². The topological polar surface area (TPSA) is 74.5 Å². The summed E-state index contributed by atoms with van der Waals surface area (Å²) in [5.74, 6) is -0.0210. The molecule has 0 spiro atoms. The molecule has 1 aliphatic rings. The van der Waals surface area contributed by atoms with E-state index in [1.807, 2.05) is 24.3 Å². The van der Waals surface area contributed by atoms with E-state index in [1.165, 1.54) is 0 Å². The maximum atomic E-state index is 12.0. The van der Waals surface area contributed by atoms with Crippen molar-refractivity contribution in [3.63, 3.8) is 0 Å². The standard InChI is InChI=1S/C14H16N2O3/c17-13(16-9-14(18)5-6-15-8-14)12-7-10-3-1-2-4-11(10)19-12/h1-4,7,15,18H,5-6,8-9H2,(H,16,17). The highest BCUT2D eigenvalue weighted by atomic mass is 16.3. The highest BCUT2D eigenvalue weighted by molar-refractivity contribution is 5.96. The molecule has 1 fully saturated rings. The van der Waals surface area contributed by atoms with E-state index in [4.69, 9.17) is 4.42 Å². The molecule has 0 saturated carbocycles. The van der Waals surface area contributed by atoms with E-state index in [0.717, 1.165) is 11.9 Å². The van der Waals surface area contributed by atoms with E-state index in [0.29, 0.717) is 18.5 Å². The Bertz CT molecular complexity index is 567. The average molecular weight is 260 g/mol. The van der Waals surface area contributed by atoms with Crippen molar-refractivity contribution in [2.45, 2.75) is 12.0 Å². The molecule has 1 aliphatic heterocycles. The molecule has 2 aromatic rings. The molecule has 0 aliphatic carbocycles. The van der Waals surface area contributed by atoms with Crippen LogP contribution < -0.4 is 10.6 Å². The van der Waals surface area contributed by atoms with Crippen molar-refractivity contribution in [3.8, 4) is 0 Å². The fourth-order valence-corrected chi connectivity index (χ4v) is 2.31. The van der Waals surface area contributed by atoms with E-state index in [2.05, 4.69) is 10.6 Å². The number of hydrogen-bond donors (Lipinski definition) is 3. The van der Waals surface area contributed by atoms with Crippen molar-refractivity contribution in [1.29, 1.82) is 0 Å². The Labute approximate surface area is 110 Å². The van der Waals surface area contributed by atoms with Crippen LogP contribution in [0.25, 0.3) is 11.0 Å². The van der Waals surface area contributed by atoms with Crippen LogP contribution in [-0.4, -0.2) is 36.2 Å². The number of para-hydroxylation sites is 1. The predicted octanol–water partition coefficient (Wildman–Crippen LogP) is 0.887. The summed E-state index contributed by atoms with van der Waals surface area (Å²) in [6.07, 6.45) is 0.646. The summed E-state index contributed by atoms with van der Waals surface area (Å²) < 4.78 is 5.47.